The second kappa shape index (κ2) is 8.37. The van der Waals surface area contributed by atoms with E-state index < -0.39 is 17.9 Å². The lowest BCUT2D eigenvalue weighted by atomic mass is 10.0. The highest BCUT2D eigenvalue weighted by molar-refractivity contribution is 14.1. The van der Waals surface area contributed by atoms with Gasteiger partial charge in [-0.25, -0.2) is 9.78 Å². The average Bonchev–Trinajstić information content (AvgIpc) is 3.32. The summed E-state index contributed by atoms with van der Waals surface area (Å²) in [6.07, 6.45) is -0.149. The molecule has 0 aliphatic carbocycles. The van der Waals surface area contributed by atoms with Crippen molar-refractivity contribution in [1.29, 1.82) is 0 Å². The van der Waals surface area contributed by atoms with Gasteiger partial charge >= 0.3 is 6.09 Å². The van der Waals surface area contributed by atoms with Crippen LogP contribution >= 0.6 is 45.2 Å². The van der Waals surface area contributed by atoms with Crippen molar-refractivity contribution >= 4 is 57.2 Å². The number of aromatic nitrogens is 2. The number of amides is 2. The quantitative estimate of drug-likeness (QED) is 0.510. The van der Waals surface area contributed by atoms with Gasteiger partial charge in [0, 0.05) is 6.42 Å². The number of likely N-dealkylation sites (tertiary alicyclic amines) is 1. The van der Waals surface area contributed by atoms with Crippen molar-refractivity contribution in [3.05, 3.63) is 13.2 Å². The van der Waals surface area contributed by atoms with E-state index in [4.69, 9.17) is 9.47 Å². The summed E-state index contributed by atoms with van der Waals surface area (Å²) in [6, 6.07) is -1.04. The van der Waals surface area contributed by atoms with Gasteiger partial charge in [-0.3, -0.25) is 4.79 Å². The van der Waals surface area contributed by atoms with Gasteiger partial charge in [0.15, 0.2) is 5.79 Å². The Hall–Kier alpha value is -0.670. The topological polar surface area (TPSA) is 106 Å². The third-order valence-corrected chi connectivity index (χ3v) is 7.33. The Morgan fingerprint density at radius 1 is 1.37 bits per heavy atom. The number of imidazole rings is 1. The molecule has 1 aromatic rings. The fourth-order valence-electron chi connectivity index (χ4n) is 3.40. The number of carbonyl (C=O) groups is 2. The Morgan fingerprint density at radius 3 is 2.56 bits per heavy atom. The molecule has 11 heteroatoms. The molecule has 2 fully saturated rings. The molecule has 27 heavy (non-hydrogen) atoms. The van der Waals surface area contributed by atoms with Gasteiger partial charge in [0.05, 0.1) is 32.9 Å². The molecule has 3 rings (SSSR count). The van der Waals surface area contributed by atoms with Gasteiger partial charge in [0.1, 0.15) is 19.3 Å². The number of hydrogen-bond donors (Lipinski definition) is 2. The lowest BCUT2D eigenvalue weighted by molar-refractivity contribution is -0.153. The van der Waals surface area contributed by atoms with E-state index in [1.807, 2.05) is 13.8 Å². The molecule has 0 radical (unpaired) electrons. The van der Waals surface area contributed by atoms with E-state index in [-0.39, 0.29) is 24.4 Å². The van der Waals surface area contributed by atoms with E-state index >= 15 is 0 Å². The minimum Gasteiger partial charge on any atom is -0.453 e. The van der Waals surface area contributed by atoms with Gasteiger partial charge in [-0.15, -0.1) is 0 Å². The first kappa shape index (κ1) is 21.0. The highest BCUT2D eigenvalue weighted by Crippen LogP contribution is 2.42. The number of hydrogen-bond acceptors (Lipinski definition) is 6. The van der Waals surface area contributed by atoms with Gasteiger partial charge in [-0.1, -0.05) is 13.8 Å². The minimum atomic E-state index is -0.823. The van der Waals surface area contributed by atoms with Crippen LogP contribution < -0.4 is 5.32 Å². The van der Waals surface area contributed by atoms with Crippen LogP contribution in [0, 0.1) is 13.3 Å². The second-order valence-corrected chi connectivity index (χ2v) is 8.98. The van der Waals surface area contributed by atoms with Crippen molar-refractivity contribution in [2.75, 3.05) is 26.9 Å². The standard InChI is InChI=1S/C16H22I2N4O5/c1-8(2)10(19-15(24)25-3)14(23)22-7-16(26-4-5-27-16)6-9(22)13-20-11(17)12(18)21-13/h8-10H,4-7H2,1-3H3,(H,19,24)(H,20,21)/t9-,10-/m0/s1. The average molecular weight is 604 g/mol. The molecule has 0 saturated carbocycles. The van der Waals surface area contributed by atoms with Crippen LogP contribution in [0.25, 0.3) is 0 Å². The summed E-state index contributed by atoms with van der Waals surface area (Å²) >= 11 is 4.33. The summed E-state index contributed by atoms with van der Waals surface area (Å²) in [4.78, 5) is 34.6. The lowest BCUT2D eigenvalue weighted by Crippen LogP contribution is -2.52. The fraction of sp³-hybridized carbons (Fsp3) is 0.688. The van der Waals surface area contributed by atoms with E-state index in [1.165, 1.54) is 7.11 Å². The van der Waals surface area contributed by atoms with Gasteiger partial charge in [0.2, 0.25) is 5.91 Å². The summed E-state index contributed by atoms with van der Waals surface area (Å²) < 4.78 is 18.1. The molecule has 1 spiro atoms. The maximum Gasteiger partial charge on any atom is 0.407 e. The zero-order valence-electron chi connectivity index (χ0n) is 15.3. The van der Waals surface area contributed by atoms with Crippen molar-refractivity contribution in [2.45, 2.75) is 38.1 Å². The summed E-state index contributed by atoms with van der Waals surface area (Å²) in [6.45, 7) is 5.03. The monoisotopic (exact) mass is 604 g/mol. The number of halogens is 2. The van der Waals surface area contributed by atoms with Crippen LogP contribution in [0.4, 0.5) is 4.79 Å². The maximum atomic E-state index is 13.4. The number of H-pyrrole nitrogens is 1. The largest absolute Gasteiger partial charge is 0.453 e. The van der Waals surface area contributed by atoms with E-state index in [9.17, 15) is 9.59 Å². The van der Waals surface area contributed by atoms with Crippen LogP contribution in [0.5, 0.6) is 0 Å². The third kappa shape index (κ3) is 4.34. The lowest BCUT2D eigenvalue weighted by Gasteiger charge is -2.30. The number of aromatic amines is 1. The van der Waals surface area contributed by atoms with Crippen molar-refractivity contribution in [1.82, 2.24) is 20.2 Å². The predicted molar refractivity (Wildman–Crippen MR) is 112 cm³/mol. The molecule has 3 heterocycles. The van der Waals surface area contributed by atoms with Crippen LogP contribution in [-0.2, 0) is 19.0 Å². The number of nitrogens with one attached hydrogen (secondary N) is 2. The Labute approximate surface area is 184 Å². The summed E-state index contributed by atoms with van der Waals surface area (Å²) in [5.41, 5.74) is 0. The fourth-order valence-corrected chi connectivity index (χ4v) is 4.20. The zero-order chi connectivity index (χ0) is 19.8. The molecule has 0 aromatic carbocycles. The summed E-state index contributed by atoms with van der Waals surface area (Å²) in [5, 5.41) is 2.64. The van der Waals surface area contributed by atoms with Gasteiger partial charge in [0.25, 0.3) is 0 Å². The van der Waals surface area contributed by atoms with E-state index in [0.717, 1.165) is 7.40 Å². The van der Waals surface area contributed by atoms with Crippen molar-refractivity contribution < 1.29 is 23.8 Å². The van der Waals surface area contributed by atoms with Crippen LogP contribution in [0.1, 0.15) is 32.1 Å². The smallest absolute Gasteiger partial charge is 0.407 e. The number of carbonyl (C=O) groups excluding carboxylic acids is 2. The molecular weight excluding hydrogens is 582 g/mol. The number of ether oxygens (including phenoxy) is 3. The SMILES string of the molecule is COC(=O)N[C@H](C(=O)N1CC2(C[C@H]1c1nc(I)c(I)[nH]1)OCCO2)C(C)C. The first-order valence-electron chi connectivity index (χ1n) is 8.60. The molecular formula is C16H22I2N4O5. The van der Waals surface area contributed by atoms with E-state index in [1.54, 1.807) is 4.90 Å². The summed E-state index contributed by atoms with van der Waals surface area (Å²) in [5.74, 6) is -0.459. The molecule has 2 aliphatic rings. The van der Waals surface area contributed by atoms with Crippen LogP contribution in [0.2, 0.25) is 0 Å². The predicted octanol–water partition coefficient (Wildman–Crippen LogP) is 2.02. The molecule has 0 bridgehead atoms. The maximum absolute atomic E-state index is 13.4. The van der Waals surface area contributed by atoms with Crippen LogP contribution in [0.15, 0.2) is 0 Å². The number of methoxy groups -OCH3 is 1. The van der Waals surface area contributed by atoms with E-state index in [0.29, 0.717) is 25.5 Å². The molecule has 1 aromatic heterocycles. The normalized spacial score (nSPS) is 22.4. The number of rotatable bonds is 4. The van der Waals surface area contributed by atoms with Gasteiger partial charge in [-0.2, -0.15) is 0 Å². The molecule has 2 atom stereocenters. The highest BCUT2D eigenvalue weighted by atomic mass is 127. The Balaban J connectivity index is 1.90. The van der Waals surface area contributed by atoms with E-state index in [2.05, 4.69) is 65.2 Å². The second-order valence-electron chi connectivity index (χ2n) is 6.88. The minimum absolute atomic E-state index is 0.115. The van der Waals surface area contributed by atoms with Crippen molar-refractivity contribution in [3.8, 4) is 0 Å². The molecule has 2 N–H and O–H groups in total. The molecule has 150 valence electrons. The third-order valence-electron chi connectivity index (χ3n) is 4.73. The molecule has 9 nitrogen and oxygen atoms in total. The van der Waals surface area contributed by atoms with Gasteiger partial charge < -0.3 is 29.4 Å². The number of alkyl carbamates (subject to hydrolysis) is 1. The van der Waals surface area contributed by atoms with Crippen LogP contribution in [-0.4, -0.2) is 65.6 Å². The zero-order valence-corrected chi connectivity index (χ0v) is 19.6. The summed E-state index contributed by atoms with van der Waals surface area (Å²) in [7, 11) is 1.28. The molecule has 2 amide bonds. The van der Waals surface area contributed by atoms with Gasteiger partial charge in [-0.05, 0) is 51.1 Å². The molecule has 0 unspecified atom stereocenters. The van der Waals surface area contributed by atoms with Crippen LogP contribution in [0.3, 0.4) is 0 Å². The first-order valence-corrected chi connectivity index (χ1v) is 10.8. The van der Waals surface area contributed by atoms with Crippen molar-refractivity contribution in [3.63, 3.8) is 0 Å². The Morgan fingerprint density at radius 2 is 2.04 bits per heavy atom. The Kier molecular flexibility index (Phi) is 6.52. The number of nitrogens with zero attached hydrogens (tertiary/aromatic N) is 2. The first-order chi connectivity index (χ1) is 12.8. The highest BCUT2D eigenvalue weighted by Gasteiger charge is 2.52. The Bertz CT molecular complexity index is 700. The molecule has 2 aliphatic heterocycles. The molecule has 2 saturated heterocycles. The van der Waals surface area contributed by atoms with Crippen molar-refractivity contribution in [2.24, 2.45) is 5.92 Å².